The van der Waals surface area contributed by atoms with E-state index in [1.54, 1.807) is 42.5 Å². The number of allylic oxidation sites excluding steroid dienone is 1. The Kier molecular flexibility index (Phi) is 8.14. The van der Waals surface area contributed by atoms with Gasteiger partial charge in [0, 0.05) is 10.8 Å². The van der Waals surface area contributed by atoms with E-state index in [-0.39, 0.29) is 28.1 Å². The number of hydrazone groups is 1. The van der Waals surface area contributed by atoms with E-state index >= 15 is 0 Å². The molecular weight excluding hydrogens is 542 g/mol. The third-order valence-electron chi connectivity index (χ3n) is 6.90. The first-order valence-electron chi connectivity index (χ1n) is 12.5. The van der Waals surface area contributed by atoms with Crippen LogP contribution in [0.25, 0.3) is 6.08 Å². The van der Waals surface area contributed by atoms with Gasteiger partial charge in [-0.2, -0.15) is 5.10 Å². The first-order valence-corrected chi connectivity index (χ1v) is 14.1. The molecule has 9 heteroatoms. The maximum Gasteiger partial charge on any atom is 0.340 e. The predicted molar refractivity (Wildman–Crippen MR) is 149 cm³/mol. The lowest BCUT2D eigenvalue weighted by molar-refractivity contribution is -0.137. The van der Waals surface area contributed by atoms with Gasteiger partial charge in [-0.1, -0.05) is 35.9 Å². The van der Waals surface area contributed by atoms with Crippen LogP contribution in [0.4, 0.5) is 8.78 Å². The summed E-state index contributed by atoms with van der Waals surface area (Å²) in [5, 5.41) is 6.31. The van der Waals surface area contributed by atoms with Crippen LogP contribution in [0.1, 0.15) is 46.8 Å². The number of halogens is 3. The molecule has 0 N–H and O–H groups in total. The van der Waals surface area contributed by atoms with Crippen molar-refractivity contribution in [2.75, 3.05) is 12.9 Å². The molecule has 2 aliphatic rings. The summed E-state index contributed by atoms with van der Waals surface area (Å²) < 4.78 is 32.5. The van der Waals surface area contributed by atoms with Gasteiger partial charge >= 0.3 is 5.97 Å². The van der Waals surface area contributed by atoms with Gasteiger partial charge in [-0.25, -0.2) is 18.6 Å². The van der Waals surface area contributed by atoms with Crippen LogP contribution in [0.15, 0.2) is 82.3 Å². The van der Waals surface area contributed by atoms with Gasteiger partial charge in [0.25, 0.3) is 5.91 Å². The maximum absolute atomic E-state index is 13.7. The number of hydrogen-bond acceptors (Lipinski definition) is 5. The first kappa shape index (κ1) is 27.1. The van der Waals surface area contributed by atoms with E-state index in [1.165, 1.54) is 41.0 Å². The van der Waals surface area contributed by atoms with Crippen LogP contribution in [0, 0.1) is 17.6 Å². The van der Waals surface area contributed by atoms with Crippen molar-refractivity contribution in [1.29, 1.82) is 0 Å². The zero-order valence-electron chi connectivity index (χ0n) is 21.1. The SMILES string of the molecule is CSc1ccc(Cl)c(C(=O)OCC(=O)N2N=C3C(=Cc4ccc(F)cc4)CCCC3C2c2ccc(F)cc2)c1. The van der Waals surface area contributed by atoms with Crippen molar-refractivity contribution < 1.29 is 23.1 Å². The largest absolute Gasteiger partial charge is 0.452 e. The number of ether oxygens (including phenoxy) is 1. The van der Waals surface area contributed by atoms with E-state index in [4.69, 9.17) is 21.4 Å². The quantitative estimate of drug-likeness (QED) is 0.232. The van der Waals surface area contributed by atoms with E-state index < -0.39 is 24.5 Å². The number of fused-ring (bicyclic) bond motifs is 1. The van der Waals surface area contributed by atoms with Crippen LogP contribution in [-0.2, 0) is 9.53 Å². The third-order valence-corrected chi connectivity index (χ3v) is 7.95. The minimum atomic E-state index is -0.705. The Hall–Kier alpha value is -3.49. The molecule has 0 bridgehead atoms. The molecule has 5 nitrogen and oxygen atoms in total. The Morgan fingerprint density at radius 2 is 1.77 bits per heavy atom. The van der Waals surface area contributed by atoms with Crippen molar-refractivity contribution in [3.05, 3.63) is 106 Å². The van der Waals surface area contributed by atoms with Crippen LogP contribution in [-0.4, -0.2) is 35.5 Å². The number of carbonyl (C=O) groups is 2. The molecule has 0 radical (unpaired) electrons. The van der Waals surface area contributed by atoms with E-state index in [0.29, 0.717) is 0 Å². The Bertz CT molecular complexity index is 1460. The van der Waals surface area contributed by atoms with Gasteiger partial charge in [-0.15, -0.1) is 11.8 Å². The lowest BCUT2D eigenvalue weighted by atomic mass is 9.77. The number of hydrogen-bond donors (Lipinski definition) is 0. The monoisotopic (exact) mass is 566 g/mol. The highest BCUT2D eigenvalue weighted by Gasteiger charge is 2.43. The molecule has 5 rings (SSSR count). The van der Waals surface area contributed by atoms with Crippen molar-refractivity contribution in [2.24, 2.45) is 11.0 Å². The number of rotatable bonds is 6. The number of thioether (sulfide) groups is 1. The van der Waals surface area contributed by atoms with E-state index in [0.717, 1.165) is 46.6 Å². The number of nitrogens with zero attached hydrogens (tertiary/aromatic N) is 2. The third kappa shape index (κ3) is 5.92. The zero-order valence-corrected chi connectivity index (χ0v) is 22.6. The van der Waals surface area contributed by atoms with Crippen LogP contribution in [0.5, 0.6) is 0 Å². The van der Waals surface area contributed by atoms with Crippen LogP contribution in [0.2, 0.25) is 5.02 Å². The molecule has 200 valence electrons. The summed E-state index contributed by atoms with van der Waals surface area (Å²) >= 11 is 7.65. The highest BCUT2D eigenvalue weighted by atomic mass is 35.5. The molecule has 3 aromatic carbocycles. The summed E-state index contributed by atoms with van der Waals surface area (Å²) in [7, 11) is 0. The van der Waals surface area contributed by atoms with E-state index in [1.807, 2.05) is 12.3 Å². The fourth-order valence-corrected chi connectivity index (χ4v) is 5.65. The Morgan fingerprint density at radius 1 is 1.08 bits per heavy atom. The molecule has 3 aromatic rings. The van der Waals surface area contributed by atoms with Crippen molar-refractivity contribution >= 4 is 47.0 Å². The fourth-order valence-electron chi connectivity index (χ4n) is 5.02. The number of benzene rings is 3. The van der Waals surface area contributed by atoms with Gasteiger partial charge in [0.2, 0.25) is 0 Å². The summed E-state index contributed by atoms with van der Waals surface area (Å²) in [5.74, 6) is -2.03. The molecular formula is C30H25ClF2N2O3S. The normalized spacial score (nSPS) is 19.5. The molecule has 39 heavy (non-hydrogen) atoms. The van der Waals surface area contributed by atoms with Gasteiger partial charge in [0.05, 0.1) is 22.3 Å². The summed E-state index contributed by atoms with van der Waals surface area (Å²) in [5.41, 5.74) is 3.46. The molecule has 1 saturated carbocycles. The fraction of sp³-hybridized carbons (Fsp3) is 0.233. The van der Waals surface area contributed by atoms with Crippen molar-refractivity contribution in [3.8, 4) is 0 Å². The minimum absolute atomic E-state index is 0.122. The topological polar surface area (TPSA) is 59.0 Å². The average molecular weight is 567 g/mol. The Balaban J connectivity index is 1.43. The summed E-state index contributed by atoms with van der Waals surface area (Å²) in [6, 6.07) is 16.7. The second-order valence-corrected chi connectivity index (χ2v) is 10.6. The van der Waals surface area contributed by atoms with Gasteiger partial charge in [-0.05, 0) is 90.8 Å². The lowest BCUT2D eigenvalue weighted by Crippen LogP contribution is -2.34. The Morgan fingerprint density at radius 3 is 2.46 bits per heavy atom. The van der Waals surface area contributed by atoms with E-state index in [9.17, 15) is 18.4 Å². The van der Waals surface area contributed by atoms with Gasteiger partial charge in [-0.3, -0.25) is 4.79 Å². The van der Waals surface area contributed by atoms with Gasteiger partial charge in [0.15, 0.2) is 6.61 Å². The summed E-state index contributed by atoms with van der Waals surface area (Å²) in [4.78, 5) is 27.1. The number of esters is 1. The second kappa shape index (κ2) is 11.7. The molecule has 2 atom stereocenters. The average Bonchev–Trinajstić information content (AvgIpc) is 3.34. The number of amides is 1. The van der Waals surface area contributed by atoms with Crippen molar-refractivity contribution in [3.63, 3.8) is 0 Å². The molecule has 1 heterocycles. The molecule has 2 unspecified atom stereocenters. The molecule has 1 amide bonds. The molecule has 1 aliphatic carbocycles. The standard InChI is InChI=1S/C30H25ClF2N2O3S/c1-39-23-13-14-26(31)25(16-23)30(37)38-17-27(36)35-29(19-7-11-22(33)12-8-19)24-4-2-3-20(28(24)34-35)15-18-5-9-21(32)10-6-18/h5-16,24,29H,2-4,17H2,1H3. The Labute approximate surface area is 234 Å². The van der Waals surface area contributed by atoms with Crippen molar-refractivity contribution in [1.82, 2.24) is 5.01 Å². The molecule has 1 fully saturated rings. The molecule has 1 aliphatic heterocycles. The van der Waals surface area contributed by atoms with Crippen LogP contribution >= 0.6 is 23.4 Å². The summed E-state index contributed by atoms with van der Waals surface area (Å²) in [6.07, 6.45) is 6.24. The first-order chi connectivity index (χ1) is 18.8. The highest BCUT2D eigenvalue weighted by Crippen LogP contribution is 2.44. The van der Waals surface area contributed by atoms with E-state index in [2.05, 4.69) is 0 Å². The maximum atomic E-state index is 13.7. The zero-order chi connectivity index (χ0) is 27.5. The highest BCUT2D eigenvalue weighted by molar-refractivity contribution is 7.98. The molecule has 0 spiro atoms. The second-order valence-electron chi connectivity index (χ2n) is 9.36. The number of carbonyl (C=O) groups excluding carboxylic acids is 2. The summed E-state index contributed by atoms with van der Waals surface area (Å²) in [6.45, 7) is -0.531. The molecule has 0 saturated heterocycles. The minimum Gasteiger partial charge on any atom is -0.452 e. The smallest absolute Gasteiger partial charge is 0.340 e. The lowest BCUT2D eigenvalue weighted by Gasteiger charge is -2.29. The van der Waals surface area contributed by atoms with Crippen molar-refractivity contribution in [2.45, 2.75) is 30.2 Å². The van der Waals surface area contributed by atoms with Crippen LogP contribution in [0.3, 0.4) is 0 Å². The van der Waals surface area contributed by atoms with Gasteiger partial charge in [0.1, 0.15) is 11.6 Å². The van der Waals surface area contributed by atoms with Gasteiger partial charge < -0.3 is 4.74 Å². The molecule has 0 aromatic heterocycles. The predicted octanol–water partition coefficient (Wildman–Crippen LogP) is 7.32. The van der Waals surface area contributed by atoms with Crippen LogP contribution < -0.4 is 0 Å².